The van der Waals surface area contributed by atoms with Gasteiger partial charge in [-0.1, -0.05) is 0 Å². The average molecular weight is 327 g/mol. The highest BCUT2D eigenvalue weighted by atomic mass is 32.3. The van der Waals surface area contributed by atoms with E-state index >= 15 is 0 Å². The maximum absolute atomic E-state index is 12.2. The molecule has 118 valence electrons. The normalized spacial score (nSPS) is 24.0. The van der Waals surface area contributed by atoms with Gasteiger partial charge in [0.2, 0.25) is 16.3 Å². The molecule has 3 heterocycles. The molecule has 0 spiro atoms. The van der Waals surface area contributed by atoms with Crippen LogP contribution in [0.5, 0.6) is 0 Å². The largest absolute Gasteiger partial charge is 0.724 e. The lowest BCUT2D eigenvalue weighted by Gasteiger charge is -2.30. The van der Waals surface area contributed by atoms with Gasteiger partial charge in [0, 0.05) is 31.0 Å². The number of hydroxylamine groups is 2. The zero-order valence-electron chi connectivity index (χ0n) is 11.1. The lowest BCUT2D eigenvalue weighted by molar-refractivity contribution is -0.121. The zero-order chi connectivity index (χ0) is 15.9. The summed E-state index contributed by atoms with van der Waals surface area (Å²) < 4.78 is 35.9. The van der Waals surface area contributed by atoms with E-state index in [-0.39, 0.29) is 13.0 Å². The highest BCUT2D eigenvalue weighted by Crippen LogP contribution is 2.32. The van der Waals surface area contributed by atoms with Crippen molar-refractivity contribution in [1.29, 1.82) is 0 Å². The fraction of sp³-hybridized carbons (Fsp3) is 0.364. The molecule has 2 bridgehead atoms. The average Bonchev–Trinajstić information content (AvgIpc) is 2.99. The Morgan fingerprint density at radius 3 is 2.68 bits per heavy atom. The van der Waals surface area contributed by atoms with Gasteiger partial charge in [-0.15, -0.1) is 0 Å². The first kappa shape index (κ1) is 14.7. The molecule has 2 aliphatic rings. The molecule has 1 N–H and O–H groups in total. The predicted octanol–water partition coefficient (Wildman–Crippen LogP) is -0.710. The Morgan fingerprint density at radius 1 is 1.41 bits per heavy atom. The van der Waals surface area contributed by atoms with Gasteiger partial charge in [-0.2, -0.15) is 9.35 Å². The van der Waals surface area contributed by atoms with Gasteiger partial charge in [0.1, 0.15) is 6.04 Å². The van der Waals surface area contributed by atoms with Gasteiger partial charge in [-0.25, -0.2) is 13.2 Å². The minimum Gasteiger partial charge on any atom is -0.724 e. The molecule has 2 saturated heterocycles. The second-order valence-electron chi connectivity index (χ2n) is 4.87. The molecular formula is C11H11N4O6S-. The summed E-state index contributed by atoms with van der Waals surface area (Å²) in [6, 6.07) is 0.999. The van der Waals surface area contributed by atoms with Crippen molar-refractivity contribution >= 4 is 28.0 Å². The second kappa shape index (κ2) is 5.19. The maximum Gasteiger partial charge on any atom is 0.346 e. The van der Waals surface area contributed by atoms with Crippen LogP contribution in [0.25, 0.3) is 0 Å². The molecule has 0 saturated carbocycles. The topological polar surface area (TPSA) is 132 Å². The van der Waals surface area contributed by atoms with Gasteiger partial charge in [0.05, 0.1) is 6.04 Å². The summed E-state index contributed by atoms with van der Waals surface area (Å²) in [4.78, 5) is 29.1. The fourth-order valence-corrected chi connectivity index (χ4v) is 2.96. The van der Waals surface area contributed by atoms with Crippen molar-refractivity contribution in [3.05, 3.63) is 24.5 Å². The molecule has 2 atom stereocenters. The molecule has 22 heavy (non-hydrogen) atoms. The first-order valence-corrected chi connectivity index (χ1v) is 7.64. The lowest BCUT2D eigenvalue weighted by Crippen LogP contribution is -2.50. The van der Waals surface area contributed by atoms with Crippen molar-refractivity contribution in [1.82, 2.24) is 14.9 Å². The van der Waals surface area contributed by atoms with Gasteiger partial charge in [0.15, 0.2) is 0 Å². The Labute approximate surface area is 125 Å². The van der Waals surface area contributed by atoms with E-state index < -0.39 is 34.4 Å². The number of fused-ring (bicyclic) bond motifs is 2. The van der Waals surface area contributed by atoms with E-state index in [1.807, 2.05) is 0 Å². The number of carbonyl (C=O) groups is 2. The molecule has 0 aliphatic carbocycles. The Bertz CT molecular complexity index is 709. The Hall–Kier alpha value is -2.24. The summed E-state index contributed by atoms with van der Waals surface area (Å²) in [5.41, 5.74) is 0.534. The summed E-state index contributed by atoms with van der Waals surface area (Å²) in [7, 11) is -5.03. The predicted molar refractivity (Wildman–Crippen MR) is 69.8 cm³/mol. The van der Waals surface area contributed by atoms with Gasteiger partial charge in [-0.05, 0) is 12.1 Å². The van der Waals surface area contributed by atoms with Crippen molar-refractivity contribution in [3.8, 4) is 0 Å². The van der Waals surface area contributed by atoms with Crippen molar-refractivity contribution in [2.75, 3.05) is 11.9 Å². The first-order chi connectivity index (χ1) is 10.3. The molecule has 0 aromatic carbocycles. The molecule has 2 fully saturated rings. The maximum atomic E-state index is 12.2. The first-order valence-electron chi connectivity index (χ1n) is 6.31. The molecule has 2 aliphatic heterocycles. The third-order valence-electron chi connectivity index (χ3n) is 3.47. The standard InChI is InChI=1S/C11H12N4O6S/c16-10(13-7-1-3-12-4-2-7)9-5-8-6-14(9)11(17)15(8)21-22(18,19)20/h1-4,8-9H,5-6H2,(H,12,13,16)(H,18,19,20)/p-1/t8-,9+/m1/s1. The van der Waals surface area contributed by atoms with E-state index in [0.29, 0.717) is 10.8 Å². The Kier molecular flexibility index (Phi) is 3.47. The summed E-state index contributed by atoms with van der Waals surface area (Å²) >= 11 is 0. The van der Waals surface area contributed by atoms with Crippen LogP contribution < -0.4 is 5.32 Å². The highest BCUT2D eigenvalue weighted by Gasteiger charge is 2.52. The van der Waals surface area contributed by atoms with Crippen LogP contribution in [-0.2, 0) is 19.5 Å². The molecule has 0 radical (unpaired) electrons. The quantitative estimate of drug-likeness (QED) is 0.570. The number of carbonyl (C=O) groups excluding carboxylic acids is 2. The summed E-state index contributed by atoms with van der Waals surface area (Å²) in [6.45, 7) is 0.128. The van der Waals surface area contributed by atoms with E-state index in [1.54, 1.807) is 12.1 Å². The minimum absolute atomic E-state index is 0.128. The summed E-state index contributed by atoms with van der Waals surface area (Å²) in [5, 5.41) is 3.15. The molecule has 3 rings (SSSR count). The van der Waals surface area contributed by atoms with E-state index in [1.165, 1.54) is 17.3 Å². The smallest absolute Gasteiger partial charge is 0.346 e. The molecular weight excluding hydrogens is 316 g/mol. The SMILES string of the molecule is O=C(Nc1ccncc1)[C@@H]1C[C@@H]2CN1C(=O)N2OS(=O)(=O)[O-]. The van der Waals surface area contributed by atoms with Crippen LogP contribution in [0.4, 0.5) is 10.5 Å². The number of rotatable bonds is 4. The summed E-state index contributed by atoms with van der Waals surface area (Å²) in [5.74, 6) is -0.397. The zero-order valence-corrected chi connectivity index (χ0v) is 11.9. The van der Waals surface area contributed by atoms with Crippen LogP contribution in [0.1, 0.15) is 6.42 Å². The number of urea groups is 1. The van der Waals surface area contributed by atoms with E-state index in [4.69, 9.17) is 0 Å². The van der Waals surface area contributed by atoms with Crippen molar-refractivity contribution < 1.29 is 26.8 Å². The van der Waals surface area contributed by atoms with Crippen molar-refractivity contribution in [3.63, 3.8) is 0 Å². The number of anilines is 1. The van der Waals surface area contributed by atoms with Gasteiger partial charge in [-0.3, -0.25) is 9.78 Å². The second-order valence-corrected chi connectivity index (χ2v) is 5.84. The Morgan fingerprint density at radius 2 is 2.09 bits per heavy atom. The van der Waals surface area contributed by atoms with E-state index in [0.717, 1.165) is 0 Å². The van der Waals surface area contributed by atoms with Crippen LogP contribution in [-0.4, -0.2) is 58.5 Å². The van der Waals surface area contributed by atoms with E-state index in [2.05, 4.69) is 14.6 Å². The van der Waals surface area contributed by atoms with Crippen molar-refractivity contribution in [2.24, 2.45) is 0 Å². The molecule has 11 heteroatoms. The number of aromatic nitrogens is 1. The minimum atomic E-state index is -5.03. The number of hydrogen-bond donors (Lipinski definition) is 1. The van der Waals surface area contributed by atoms with Crippen molar-refractivity contribution in [2.45, 2.75) is 18.5 Å². The number of amides is 3. The lowest BCUT2D eigenvalue weighted by atomic mass is 10.1. The molecule has 0 unspecified atom stereocenters. The van der Waals surface area contributed by atoms with E-state index in [9.17, 15) is 22.6 Å². The Balaban J connectivity index is 1.68. The van der Waals surface area contributed by atoms with Crippen LogP contribution in [0, 0.1) is 0 Å². The van der Waals surface area contributed by atoms with Crippen LogP contribution in [0.2, 0.25) is 0 Å². The molecule has 3 amide bonds. The van der Waals surface area contributed by atoms with Crippen LogP contribution >= 0.6 is 0 Å². The van der Waals surface area contributed by atoms with Gasteiger partial charge in [0.25, 0.3) is 0 Å². The van der Waals surface area contributed by atoms with Crippen LogP contribution in [0.15, 0.2) is 24.5 Å². The molecule has 1 aromatic rings. The number of nitrogens with one attached hydrogen (secondary N) is 1. The number of nitrogens with zero attached hydrogens (tertiary/aromatic N) is 3. The third-order valence-corrected chi connectivity index (χ3v) is 3.81. The highest BCUT2D eigenvalue weighted by molar-refractivity contribution is 7.80. The number of hydrogen-bond acceptors (Lipinski definition) is 7. The van der Waals surface area contributed by atoms with Gasteiger partial charge >= 0.3 is 6.03 Å². The third kappa shape index (κ3) is 2.73. The summed E-state index contributed by atoms with van der Waals surface area (Å²) in [6.07, 6.45) is 3.20. The fourth-order valence-electron chi connectivity index (χ4n) is 2.58. The number of pyridine rings is 1. The monoisotopic (exact) mass is 327 g/mol. The van der Waals surface area contributed by atoms with Gasteiger partial charge < -0.3 is 14.8 Å². The molecule has 1 aromatic heterocycles. The van der Waals surface area contributed by atoms with Crippen LogP contribution in [0.3, 0.4) is 0 Å². The molecule has 10 nitrogen and oxygen atoms in total.